The highest BCUT2D eigenvalue weighted by atomic mass is 16.5. The van der Waals surface area contributed by atoms with Gasteiger partial charge in [0.25, 0.3) is 5.91 Å². The molecule has 0 aromatic heterocycles. The first kappa shape index (κ1) is 25.4. The molecule has 0 unspecified atom stereocenters. The number of hydrogen-bond donors (Lipinski definition) is 1. The number of esters is 2. The van der Waals surface area contributed by atoms with Gasteiger partial charge in [-0.1, -0.05) is 75.7 Å². The Labute approximate surface area is 212 Å². The van der Waals surface area contributed by atoms with Gasteiger partial charge in [0.2, 0.25) is 0 Å². The summed E-state index contributed by atoms with van der Waals surface area (Å²) < 4.78 is 11.2. The van der Waals surface area contributed by atoms with Crippen molar-refractivity contribution in [1.82, 2.24) is 0 Å². The van der Waals surface area contributed by atoms with Crippen molar-refractivity contribution < 1.29 is 23.9 Å². The standard InChI is InChI=1S/C30H33NO5/c1-19(2)22-16-15-20(3)17-27(22)36-30(34)25-13-7-6-12-24(25)29(33)35-18-28(32)31-26-14-8-10-21-9-4-5-11-23(21)26/h4-14,19-20,22,27H,15-18H2,1-3H3,(H,31,32)/t20-,22+,27+/m1/s1. The van der Waals surface area contributed by atoms with Gasteiger partial charge in [0.05, 0.1) is 11.1 Å². The van der Waals surface area contributed by atoms with E-state index in [1.807, 2.05) is 36.4 Å². The summed E-state index contributed by atoms with van der Waals surface area (Å²) >= 11 is 0. The van der Waals surface area contributed by atoms with Crippen LogP contribution in [-0.2, 0) is 14.3 Å². The van der Waals surface area contributed by atoms with Crippen LogP contribution in [0.25, 0.3) is 10.8 Å². The van der Waals surface area contributed by atoms with Gasteiger partial charge >= 0.3 is 11.9 Å². The fraction of sp³-hybridized carbons (Fsp3) is 0.367. The molecule has 3 atom stereocenters. The molecule has 0 bridgehead atoms. The lowest BCUT2D eigenvalue weighted by atomic mass is 9.75. The van der Waals surface area contributed by atoms with Gasteiger partial charge in [0, 0.05) is 11.1 Å². The maximum atomic E-state index is 13.1. The molecule has 188 valence electrons. The molecule has 1 fully saturated rings. The third-order valence-electron chi connectivity index (χ3n) is 6.98. The van der Waals surface area contributed by atoms with Crippen molar-refractivity contribution in [2.24, 2.45) is 17.8 Å². The second-order valence-corrected chi connectivity index (χ2v) is 9.97. The summed E-state index contributed by atoms with van der Waals surface area (Å²) in [7, 11) is 0. The summed E-state index contributed by atoms with van der Waals surface area (Å²) in [6.45, 7) is 6.00. The minimum absolute atomic E-state index is 0.0883. The molecule has 1 amide bonds. The average Bonchev–Trinajstić information content (AvgIpc) is 2.87. The number of anilines is 1. The summed E-state index contributed by atoms with van der Waals surface area (Å²) in [6, 6.07) is 19.7. The third-order valence-corrected chi connectivity index (χ3v) is 6.98. The van der Waals surface area contributed by atoms with Crippen LogP contribution in [0.3, 0.4) is 0 Å². The highest BCUT2D eigenvalue weighted by molar-refractivity contribution is 6.05. The summed E-state index contributed by atoms with van der Waals surface area (Å²) in [6.07, 6.45) is 2.78. The lowest BCUT2D eigenvalue weighted by Gasteiger charge is -2.36. The second kappa shape index (κ2) is 11.4. The summed E-state index contributed by atoms with van der Waals surface area (Å²) in [4.78, 5) is 38.5. The molecular formula is C30H33NO5. The van der Waals surface area contributed by atoms with Gasteiger partial charge in [-0.15, -0.1) is 0 Å². The molecule has 0 radical (unpaired) electrons. The fourth-order valence-corrected chi connectivity index (χ4v) is 5.02. The van der Waals surface area contributed by atoms with Crippen LogP contribution in [0.4, 0.5) is 5.69 Å². The largest absolute Gasteiger partial charge is 0.458 e. The Morgan fingerprint density at radius 3 is 2.31 bits per heavy atom. The van der Waals surface area contributed by atoms with Crippen LogP contribution in [0.15, 0.2) is 66.7 Å². The van der Waals surface area contributed by atoms with E-state index in [-0.39, 0.29) is 17.2 Å². The minimum atomic E-state index is -0.743. The quantitative estimate of drug-likeness (QED) is 0.398. The van der Waals surface area contributed by atoms with Crippen molar-refractivity contribution in [1.29, 1.82) is 0 Å². The third kappa shape index (κ3) is 5.93. The molecular weight excluding hydrogens is 454 g/mol. The van der Waals surface area contributed by atoms with Gasteiger partial charge < -0.3 is 14.8 Å². The Morgan fingerprint density at radius 2 is 1.56 bits per heavy atom. The van der Waals surface area contributed by atoms with Gasteiger partial charge in [-0.3, -0.25) is 4.79 Å². The first-order chi connectivity index (χ1) is 17.3. The maximum absolute atomic E-state index is 13.1. The van der Waals surface area contributed by atoms with Crippen LogP contribution in [0, 0.1) is 17.8 Å². The van der Waals surface area contributed by atoms with Crippen molar-refractivity contribution >= 4 is 34.3 Å². The van der Waals surface area contributed by atoms with Gasteiger partial charge in [-0.2, -0.15) is 0 Å². The molecule has 36 heavy (non-hydrogen) atoms. The lowest BCUT2D eigenvalue weighted by Crippen LogP contribution is -2.36. The van der Waals surface area contributed by atoms with Crippen molar-refractivity contribution in [2.75, 3.05) is 11.9 Å². The number of ether oxygens (including phenoxy) is 2. The Morgan fingerprint density at radius 1 is 0.889 bits per heavy atom. The Bertz CT molecular complexity index is 1250. The van der Waals surface area contributed by atoms with Crippen LogP contribution in [0.2, 0.25) is 0 Å². The molecule has 1 aliphatic rings. The molecule has 3 aromatic carbocycles. The monoisotopic (exact) mass is 487 g/mol. The van der Waals surface area contributed by atoms with Gasteiger partial charge in [0.15, 0.2) is 6.61 Å². The number of fused-ring (bicyclic) bond motifs is 1. The van der Waals surface area contributed by atoms with E-state index in [1.165, 1.54) is 6.07 Å². The molecule has 1 saturated carbocycles. The number of amides is 1. The molecule has 6 nitrogen and oxygen atoms in total. The first-order valence-corrected chi connectivity index (χ1v) is 12.6. The fourth-order valence-electron chi connectivity index (χ4n) is 5.02. The maximum Gasteiger partial charge on any atom is 0.339 e. The van der Waals surface area contributed by atoms with Gasteiger partial charge in [-0.25, -0.2) is 9.59 Å². The molecule has 1 N–H and O–H groups in total. The molecule has 4 rings (SSSR count). The number of hydrogen-bond acceptors (Lipinski definition) is 5. The Balaban J connectivity index is 1.41. The van der Waals surface area contributed by atoms with E-state index in [0.717, 1.165) is 30.0 Å². The zero-order valence-electron chi connectivity index (χ0n) is 21.0. The zero-order chi connectivity index (χ0) is 25.7. The Hall–Kier alpha value is -3.67. The first-order valence-electron chi connectivity index (χ1n) is 12.6. The highest BCUT2D eigenvalue weighted by Crippen LogP contribution is 2.36. The van der Waals surface area contributed by atoms with Crippen LogP contribution >= 0.6 is 0 Å². The minimum Gasteiger partial charge on any atom is -0.458 e. The van der Waals surface area contributed by atoms with Crippen LogP contribution in [-0.4, -0.2) is 30.6 Å². The number of nitrogens with one attached hydrogen (secondary N) is 1. The molecule has 1 aliphatic carbocycles. The zero-order valence-corrected chi connectivity index (χ0v) is 21.0. The van der Waals surface area contributed by atoms with Crippen molar-refractivity contribution in [3.63, 3.8) is 0 Å². The average molecular weight is 488 g/mol. The summed E-state index contributed by atoms with van der Waals surface area (Å²) in [5, 5.41) is 4.68. The Kier molecular flexibility index (Phi) is 8.04. The van der Waals surface area contributed by atoms with Gasteiger partial charge in [-0.05, 0) is 54.2 Å². The molecule has 3 aromatic rings. The van der Waals surface area contributed by atoms with E-state index in [9.17, 15) is 14.4 Å². The van der Waals surface area contributed by atoms with E-state index >= 15 is 0 Å². The molecule has 0 aliphatic heterocycles. The van der Waals surface area contributed by atoms with E-state index in [2.05, 4.69) is 26.1 Å². The molecule has 0 saturated heterocycles. The van der Waals surface area contributed by atoms with Crippen LogP contribution < -0.4 is 5.32 Å². The highest BCUT2D eigenvalue weighted by Gasteiger charge is 2.34. The molecule has 0 heterocycles. The van der Waals surface area contributed by atoms with Crippen LogP contribution in [0.1, 0.15) is 60.7 Å². The number of carbonyl (C=O) groups is 3. The van der Waals surface area contributed by atoms with E-state index < -0.39 is 24.5 Å². The molecule has 0 spiro atoms. The van der Waals surface area contributed by atoms with Crippen molar-refractivity contribution in [3.05, 3.63) is 77.9 Å². The summed E-state index contributed by atoms with van der Waals surface area (Å²) in [5.74, 6) is -0.563. The number of carbonyl (C=O) groups excluding carboxylic acids is 3. The topological polar surface area (TPSA) is 81.7 Å². The smallest absolute Gasteiger partial charge is 0.339 e. The van der Waals surface area contributed by atoms with Crippen LogP contribution in [0.5, 0.6) is 0 Å². The predicted molar refractivity (Wildman–Crippen MR) is 140 cm³/mol. The predicted octanol–water partition coefficient (Wildman–Crippen LogP) is 6.25. The number of rotatable bonds is 7. The van der Waals surface area contributed by atoms with Crippen molar-refractivity contribution in [3.8, 4) is 0 Å². The van der Waals surface area contributed by atoms with E-state index in [0.29, 0.717) is 23.4 Å². The molecule has 6 heteroatoms. The number of benzene rings is 3. The summed E-state index contributed by atoms with van der Waals surface area (Å²) in [5.41, 5.74) is 0.877. The second-order valence-electron chi connectivity index (χ2n) is 9.97. The normalized spacial score (nSPS) is 19.6. The lowest BCUT2D eigenvalue weighted by molar-refractivity contribution is -0.119. The van der Waals surface area contributed by atoms with Gasteiger partial charge in [0.1, 0.15) is 6.10 Å². The SMILES string of the molecule is CC(C)[C@@H]1CC[C@@H](C)C[C@@H]1OC(=O)c1ccccc1C(=O)OCC(=O)Nc1cccc2ccccc12. The van der Waals surface area contributed by atoms with E-state index in [4.69, 9.17) is 9.47 Å². The van der Waals surface area contributed by atoms with E-state index in [1.54, 1.807) is 24.3 Å². The van der Waals surface area contributed by atoms with Crippen molar-refractivity contribution in [2.45, 2.75) is 46.1 Å².